The van der Waals surface area contributed by atoms with Crippen LogP contribution in [0.2, 0.25) is 0 Å². The molecule has 1 fully saturated rings. The lowest BCUT2D eigenvalue weighted by Gasteiger charge is -2.35. The van der Waals surface area contributed by atoms with Crippen LogP contribution in [0.1, 0.15) is 78.6 Å². The summed E-state index contributed by atoms with van der Waals surface area (Å²) in [4.78, 5) is 49.7. The quantitative estimate of drug-likeness (QED) is 0.239. The number of hydrogen-bond acceptors (Lipinski definition) is 8. The second-order valence-corrected chi connectivity index (χ2v) is 11.7. The fourth-order valence-corrected chi connectivity index (χ4v) is 5.58. The van der Waals surface area contributed by atoms with Gasteiger partial charge in [0.25, 0.3) is 0 Å². The third-order valence-electron chi connectivity index (χ3n) is 7.73. The van der Waals surface area contributed by atoms with Crippen molar-refractivity contribution in [3.05, 3.63) is 71.0 Å². The lowest BCUT2D eigenvalue weighted by Crippen LogP contribution is -2.37. The smallest absolute Gasteiger partial charge is 0.338 e. The Labute approximate surface area is 242 Å². The van der Waals surface area contributed by atoms with E-state index < -0.39 is 53.5 Å². The molecule has 6 atom stereocenters. The van der Waals surface area contributed by atoms with E-state index in [2.05, 4.69) is 0 Å². The summed E-state index contributed by atoms with van der Waals surface area (Å²) in [6, 6.07) is 8.78. The number of benzene rings is 1. The molecule has 41 heavy (non-hydrogen) atoms. The summed E-state index contributed by atoms with van der Waals surface area (Å²) in [6.07, 6.45) is 4.71. The van der Waals surface area contributed by atoms with Crippen LogP contribution in [0, 0.1) is 23.2 Å². The van der Waals surface area contributed by atoms with Gasteiger partial charge in [-0.2, -0.15) is 0 Å². The van der Waals surface area contributed by atoms with E-state index in [9.17, 15) is 19.2 Å². The summed E-state index contributed by atoms with van der Waals surface area (Å²) < 4.78 is 23.5. The Morgan fingerprint density at radius 3 is 2.10 bits per heavy atom. The number of allylic oxidation sites excluding steroid dienone is 1. The van der Waals surface area contributed by atoms with Crippen molar-refractivity contribution in [3.63, 3.8) is 0 Å². The molecule has 222 valence electrons. The lowest BCUT2D eigenvalue weighted by molar-refractivity contribution is -0.155. The van der Waals surface area contributed by atoms with Crippen LogP contribution in [-0.4, -0.2) is 42.2 Å². The molecule has 0 bridgehead atoms. The number of carbonyl (C=O) groups is 4. The average Bonchev–Trinajstić information content (AvgIpc) is 3.18. The van der Waals surface area contributed by atoms with Gasteiger partial charge < -0.3 is 18.9 Å². The number of ether oxygens (including phenoxy) is 4. The van der Waals surface area contributed by atoms with Gasteiger partial charge in [-0.3, -0.25) is 14.4 Å². The largest absolute Gasteiger partial charge is 0.461 e. The number of fused-ring (bicyclic) bond motifs is 1. The van der Waals surface area contributed by atoms with Crippen LogP contribution in [0.3, 0.4) is 0 Å². The Kier molecular flexibility index (Phi) is 10.3. The van der Waals surface area contributed by atoms with Crippen molar-refractivity contribution in [1.82, 2.24) is 0 Å². The van der Waals surface area contributed by atoms with Crippen LogP contribution >= 0.6 is 0 Å². The van der Waals surface area contributed by atoms with E-state index in [1.807, 2.05) is 58.9 Å². The molecular formula is C33H42O8. The van der Waals surface area contributed by atoms with Gasteiger partial charge in [-0.05, 0) is 42.5 Å². The second-order valence-electron chi connectivity index (χ2n) is 11.7. The van der Waals surface area contributed by atoms with Crippen LogP contribution in [-0.2, 0) is 33.3 Å². The summed E-state index contributed by atoms with van der Waals surface area (Å²) in [7, 11) is 0. The molecule has 8 heteroatoms. The first-order valence-corrected chi connectivity index (χ1v) is 14.1. The first-order chi connectivity index (χ1) is 19.2. The first-order valence-electron chi connectivity index (χ1n) is 14.1. The van der Waals surface area contributed by atoms with E-state index >= 15 is 0 Å². The Balaban J connectivity index is 2.21. The molecule has 0 heterocycles. The maximum atomic E-state index is 13.2. The van der Waals surface area contributed by atoms with E-state index in [-0.39, 0.29) is 18.3 Å². The molecule has 0 radical (unpaired) electrons. The maximum absolute atomic E-state index is 13.2. The minimum atomic E-state index is -0.707. The number of esters is 4. The van der Waals surface area contributed by atoms with Crippen LogP contribution in [0.25, 0.3) is 0 Å². The van der Waals surface area contributed by atoms with Gasteiger partial charge in [0.2, 0.25) is 0 Å². The summed E-state index contributed by atoms with van der Waals surface area (Å²) >= 11 is 0. The Hall–Kier alpha value is -3.68. The zero-order valence-electron chi connectivity index (χ0n) is 25.3. The molecule has 0 spiro atoms. The molecule has 0 amide bonds. The number of rotatable bonds is 5. The molecular weight excluding hydrogens is 524 g/mol. The van der Waals surface area contributed by atoms with Crippen molar-refractivity contribution in [2.45, 2.75) is 86.5 Å². The molecule has 0 saturated heterocycles. The van der Waals surface area contributed by atoms with Crippen LogP contribution in [0.15, 0.2) is 65.5 Å². The highest BCUT2D eigenvalue weighted by molar-refractivity contribution is 5.89. The van der Waals surface area contributed by atoms with Gasteiger partial charge in [-0.15, -0.1) is 0 Å². The minimum absolute atomic E-state index is 0.0870. The van der Waals surface area contributed by atoms with E-state index in [1.165, 1.54) is 20.8 Å². The van der Waals surface area contributed by atoms with E-state index in [0.717, 1.165) is 5.57 Å². The summed E-state index contributed by atoms with van der Waals surface area (Å²) in [5.74, 6) is -2.15. The first kappa shape index (κ1) is 31.8. The third-order valence-corrected chi connectivity index (χ3v) is 7.73. The molecule has 2 aliphatic rings. The predicted molar refractivity (Wildman–Crippen MR) is 153 cm³/mol. The van der Waals surface area contributed by atoms with Gasteiger partial charge in [-0.1, -0.05) is 64.1 Å². The highest BCUT2D eigenvalue weighted by Gasteiger charge is 2.43. The normalized spacial score (nSPS) is 31.7. The number of carbonyl (C=O) groups excluding carboxylic acids is 4. The molecule has 3 rings (SSSR count). The highest BCUT2D eigenvalue weighted by Crippen LogP contribution is 2.45. The van der Waals surface area contributed by atoms with Crippen molar-refractivity contribution < 1.29 is 38.1 Å². The van der Waals surface area contributed by atoms with Crippen LogP contribution in [0.4, 0.5) is 0 Å². The second kappa shape index (κ2) is 13.3. The summed E-state index contributed by atoms with van der Waals surface area (Å²) in [5.41, 5.74) is 1.36. The van der Waals surface area contributed by atoms with Gasteiger partial charge >= 0.3 is 23.9 Å². The fraction of sp³-hybridized carbons (Fsp3) is 0.515. The zero-order chi connectivity index (χ0) is 30.5. The average molecular weight is 567 g/mol. The highest BCUT2D eigenvalue weighted by atomic mass is 16.6. The Bertz CT molecular complexity index is 1240. The van der Waals surface area contributed by atoms with Crippen molar-refractivity contribution in [3.8, 4) is 0 Å². The monoisotopic (exact) mass is 566 g/mol. The molecule has 1 saturated carbocycles. The zero-order valence-corrected chi connectivity index (χ0v) is 25.3. The SMILES string of the molecule is CC(=O)O/C1=C2\C[C@H](C)[C@H](OC(=O)c3ccccc3)[C@@H]2/C=C(\C)[C@H](OC(C)=O)C[C@@H](OC(C)=O)C(C)(C)/C=C/[C@@H]1C. The van der Waals surface area contributed by atoms with Crippen LogP contribution in [0.5, 0.6) is 0 Å². The van der Waals surface area contributed by atoms with Gasteiger partial charge in [0.1, 0.15) is 24.1 Å². The van der Waals surface area contributed by atoms with E-state index in [4.69, 9.17) is 18.9 Å². The molecule has 0 N–H and O–H groups in total. The molecule has 0 unspecified atom stereocenters. The summed E-state index contributed by atoms with van der Waals surface area (Å²) in [5, 5.41) is 0. The van der Waals surface area contributed by atoms with Gasteiger partial charge in [-0.25, -0.2) is 4.79 Å². The Morgan fingerprint density at radius 2 is 1.51 bits per heavy atom. The maximum Gasteiger partial charge on any atom is 0.338 e. The van der Waals surface area contributed by atoms with Crippen molar-refractivity contribution in [2.24, 2.45) is 23.2 Å². The van der Waals surface area contributed by atoms with Crippen LogP contribution < -0.4 is 0 Å². The standard InChI is InChI=1S/C33H42O8/c1-19-14-15-33(7,8)29(39-23(5)35)18-28(38-22(4)34)20(2)16-26-27(30(19)40-24(6)36)17-21(3)31(26)41-32(37)25-12-10-9-11-13-25/h9-16,19,21,26,28-29,31H,17-18H2,1-8H3/b15-14+,20-16+,30-27+/t19-,21-,26+,28+,29+,31-/m0/s1. The van der Waals surface area contributed by atoms with E-state index in [0.29, 0.717) is 23.3 Å². The number of hydrogen-bond donors (Lipinski definition) is 0. The van der Waals surface area contributed by atoms with Crippen molar-refractivity contribution >= 4 is 23.9 Å². The molecule has 0 aromatic heterocycles. The third kappa shape index (κ3) is 8.18. The predicted octanol–water partition coefficient (Wildman–Crippen LogP) is 6.12. The topological polar surface area (TPSA) is 105 Å². The molecule has 1 aromatic rings. The Morgan fingerprint density at radius 1 is 0.878 bits per heavy atom. The summed E-state index contributed by atoms with van der Waals surface area (Å²) in [6.45, 7) is 13.7. The van der Waals surface area contributed by atoms with Gasteiger partial charge in [0.15, 0.2) is 0 Å². The molecule has 8 nitrogen and oxygen atoms in total. The lowest BCUT2D eigenvalue weighted by atomic mass is 9.80. The van der Waals surface area contributed by atoms with Crippen molar-refractivity contribution in [2.75, 3.05) is 0 Å². The van der Waals surface area contributed by atoms with E-state index in [1.54, 1.807) is 24.3 Å². The van der Waals surface area contributed by atoms with Crippen molar-refractivity contribution in [1.29, 1.82) is 0 Å². The molecule has 2 aliphatic carbocycles. The van der Waals surface area contributed by atoms with Gasteiger partial charge in [0.05, 0.1) is 5.56 Å². The fourth-order valence-electron chi connectivity index (χ4n) is 5.58. The minimum Gasteiger partial charge on any atom is -0.461 e. The van der Waals surface area contributed by atoms with Gasteiger partial charge in [0, 0.05) is 44.4 Å². The molecule has 1 aromatic carbocycles. The molecule has 0 aliphatic heterocycles.